The summed E-state index contributed by atoms with van der Waals surface area (Å²) in [6.45, 7) is 4.90. The Kier molecular flexibility index (Phi) is 5.02. The number of halogens is 1. The molecular weight excluding hydrogens is 319 g/mol. The number of carbonyl (C=O) groups excluding carboxylic acids is 1. The molecular formula is C20H23FN2O2. The van der Waals surface area contributed by atoms with Crippen LogP contribution in [0.4, 0.5) is 4.39 Å². The summed E-state index contributed by atoms with van der Waals surface area (Å²) in [5.41, 5.74) is 1.73. The number of aryl methyl sites for hydroxylation is 1. The third-order valence-electron chi connectivity index (χ3n) is 4.96. The van der Waals surface area contributed by atoms with Crippen molar-refractivity contribution in [1.29, 1.82) is 0 Å². The van der Waals surface area contributed by atoms with Gasteiger partial charge in [0, 0.05) is 18.8 Å². The molecule has 132 valence electrons. The van der Waals surface area contributed by atoms with Crippen LogP contribution in [0.25, 0.3) is 0 Å². The lowest BCUT2D eigenvalue weighted by Gasteiger charge is -2.36. The summed E-state index contributed by atoms with van der Waals surface area (Å²) in [6, 6.07) is 9.62. The number of benzene rings is 1. The summed E-state index contributed by atoms with van der Waals surface area (Å²) in [5.74, 6) is -0.525. The molecule has 0 saturated carbocycles. The van der Waals surface area contributed by atoms with E-state index in [0.29, 0.717) is 13.1 Å². The molecule has 0 aliphatic carbocycles. The number of hydrogen-bond acceptors (Lipinski definition) is 2. The Hall–Kier alpha value is -2.43. The number of hydrogen-bond donors (Lipinski definition) is 0. The maximum Gasteiger partial charge on any atom is 0.263 e. The Labute approximate surface area is 146 Å². The first-order valence-corrected chi connectivity index (χ1v) is 8.79. The van der Waals surface area contributed by atoms with Gasteiger partial charge in [0.25, 0.3) is 11.5 Å². The predicted molar refractivity (Wildman–Crippen MR) is 95.1 cm³/mol. The monoisotopic (exact) mass is 342 g/mol. The van der Waals surface area contributed by atoms with E-state index in [4.69, 9.17) is 0 Å². The Morgan fingerprint density at radius 3 is 2.56 bits per heavy atom. The Morgan fingerprint density at radius 2 is 1.88 bits per heavy atom. The fraction of sp³-hybridized carbons (Fsp3) is 0.400. The van der Waals surface area contributed by atoms with Gasteiger partial charge in [-0.1, -0.05) is 12.1 Å². The molecule has 2 heterocycles. The molecule has 0 radical (unpaired) electrons. The minimum atomic E-state index is -0.290. The zero-order valence-electron chi connectivity index (χ0n) is 14.7. The van der Waals surface area contributed by atoms with Crippen molar-refractivity contribution in [2.24, 2.45) is 0 Å². The smallest absolute Gasteiger partial charge is 0.263 e. The number of pyridine rings is 1. The van der Waals surface area contributed by atoms with Crippen LogP contribution < -0.4 is 5.56 Å². The van der Waals surface area contributed by atoms with Gasteiger partial charge in [-0.05, 0) is 62.9 Å². The molecule has 1 saturated heterocycles. The summed E-state index contributed by atoms with van der Waals surface area (Å²) in [6.07, 6.45) is 2.75. The van der Waals surface area contributed by atoms with E-state index >= 15 is 0 Å². The lowest BCUT2D eigenvalue weighted by atomic mass is 9.94. The van der Waals surface area contributed by atoms with Crippen LogP contribution in [0.15, 0.2) is 41.2 Å². The molecule has 1 fully saturated rings. The second-order valence-corrected chi connectivity index (χ2v) is 6.50. The molecule has 1 aliphatic heterocycles. The summed E-state index contributed by atoms with van der Waals surface area (Å²) in [5, 5.41) is 0. The highest BCUT2D eigenvalue weighted by atomic mass is 19.1. The van der Waals surface area contributed by atoms with E-state index in [-0.39, 0.29) is 28.9 Å². The number of rotatable bonds is 3. The largest absolute Gasteiger partial charge is 0.331 e. The van der Waals surface area contributed by atoms with Crippen molar-refractivity contribution in [2.75, 3.05) is 6.54 Å². The summed E-state index contributed by atoms with van der Waals surface area (Å²) < 4.78 is 14.8. The Bertz CT molecular complexity index is 827. The van der Waals surface area contributed by atoms with Gasteiger partial charge >= 0.3 is 0 Å². The van der Waals surface area contributed by atoms with E-state index in [2.05, 4.69) is 0 Å². The van der Waals surface area contributed by atoms with E-state index in [0.717, 1.165) is 30.5 Å². The van der Waals surface area contributed by atoms with Gasteiger partial charge in [-0.3, -0.25) is 9.59 Å². The Balaban J connectivity index is 1.97. The average molecular weight is 342 g/mol. The number of amides is 1. The summed E-state index contributed by atoms with van der Waals surface area (Å²) in [7, 11) is 0. The fourth-order valence-electron chi connectivity index (χ4n) is 3.59. The van der Waals surface area contributed by atoms with Crippen molar-refractivity contribution in [3.8, 4) is 0 Å². The van der Waals surface area contributed by atoms with Crippen LogP contribution in [0.1, 0.15) is 53.8 Å². The number of nitrogens with zero attached hydrogens (tertiary/aromatic N) is 2. The first-order chi connectivity index (χ1) is 12.0. The van der Waals surface area contributed by atoms with Crippen LogP contribution in [0.2, 0.25) is 0 Å². The van der Waals surface area contributed by atoms with Crippen molar-refractivity contribution in [1.82, 2.24) is 9.47 Å². The van der Waals surface area contributed by atoms with Gasteiger partial charge < -0.3 is 9.47 Å². The third-order valence-corrected chi connectivity index (χ3v) is 4.96. The quantitative estimate of drug-likeness (QED) is 0.854. The molecule has 4 nitrogen and oxygen atoms in total. The van der Waals surface area contributed by atoms with Crippen molar-refractivity contribution in [3.63, 3.8) is 0 Å². The van der Waals surface area contributed by atoms with Crippen molar-refractivity contribution >= 4 is 5.91 Å². The van der Waals surface area contributed by atoms with E-state index in [1.807, 2.05) is 19.9 Å². The van der Waals surface area contributed by atoms with E-state index in [9.17, 15) is 14.0 Å². The molecule has 5 heteroatoms. The maximum absolute atomic E-state index is 13.2. The lowest BCUT2D eigenvalue weighted by molar-refractivity contribution is 0.0609. The van der Waals surface area contributed by atoms with Crippen LogP contribution in [-0.2, 0) is 6.54 Å². The van der Waals surface area contributed by atoms with Crippen LogP contribution in [-0.4, -0.2) is 21.9 Å². The Morgan fingerprint density at radius 1 is 1.16 bits per heavy atom. The number of piperidine rings is 1. The van der Waals surface area contributed by atoms with Crippen molar-refractivity contribution < 1.29 is 9.18 Å². The van der Waals surface area contributed by atoms with Gasteiger partial charge in [0.15, 0.2) is 0 Å². The van der Waals surface area contributed by atoms with Crippen LogP contribution >= 0.6 is 0 Å². The minimum absolute atomic E-state index is 0.113. The van der Waals surface area contributed by atoms with Gasteiger partial charge in [-0.15, -0.1) is 0 Å². The van der Waals surface area contributed by atoms with E-state index < -0.39 is 0 Å². The molecule has 1 aromatic carbocycles. The number of carbonyl (C=O) groups is 1. The molecule has 25 heavy (non-hydrogen) atoms. The molecule has 0 N–H and O–H groups in total. The second kappa shape index (κ2) is 7.21. The highest BCUT2D eigenvalue weighted by Gasteiger charge is 2.30. The molecule has 3 rings (SSSR count). The van der Waals surface area contributed by atoms with Gasteiger partial charge in [-0.25, -0.2) is 4.39 Å². The van der Waals surface area contributed by atoms with Gasteiger partial charge in [-0.2, -0.15) is 0 Å². The number of aromatic nitrogens is 1. The third kappa shape index (κ3) is 3.36. The number of likely N-dealkylation sites (tertiary alicyclic amines) is 1. The maximum atomic E-state index is 13.2. The molecule has 1 aliphatic rings. The first kappa shape index (κ1) is 17.4. The standard InChI is InChI=1S/C20H23FN2O2/c1-3-22-14(2)7-12-17(19(22)24)20(25)23-13-5-4-6-18(23)15-8-10-16(21)11-9-15/h7-12,18H,3-6,13H2,1-2H3/t18-/m0/s1. The summed E-state index contributed by atoms with van der Waals surface area (Å²) >= 11 is 0. The molecule has 1 atom stereocenters. The highest BCUT2D eigenvalue weighted by Crippen LogP contribution is 2.31. The molecule has 2 aromatic rings. The second-order valence-electron chi connectivity index (χ2n) is 6.50. The van der Waals surface area contributed by atoms with E-state index in [1.54, 1.807) is 27.7 Å². The minimum Gasteiger partial charge on any atom is -0.331 e. The molecule has 0 bridgehead atoms. The van der Waals surface area contributed by atoms with Crippen LogP contribution in [0.5, 0.6) is 0 Å². The summed E-state index contributed by atoms with van der Waals surface area (Å²) in [4.78, 5) is 27.5. The van der Waals surface area contributed by atoms with Crippen molar-refractivity contribution in [2.45, 2.75) is 45.7 Å². The molecule has 0 unspecified atom stereocenters. The predicted octanol–water partition coefficient (Wildman–Crippen LogP) is 3.68. The normalized spacial score (nSPS) is 17.6. The topological polar surface area (TPSA) is 42.3 Å². The SMILES string of the molecule is CCn1c(C)ccc(C(=O)N2CCCC[C@H]2c2ccc(F)cc2)c1=O. The molecule has 1 amide bonds. The van der Waals surface area contributed by atoms with Gasteiger partial charge in [0.2, 0.25) is 0 Å². The van der Waals surface area contributed by atoms with Crippen LogP contribution in [0.3, 0.4) is 0 Å². The molecule has 1 aromatic heterocycles. The highest BCUT2D eigenvalue weighted by molar-refractivity contribution is 5.94. The van der Waals surface area contributed by atoms with Crippen molar-refractivity contribution in [3.05, 3.63) is 69.4 Å². The fourth-order valence-corrected chi connectivity index (χ4v) is 3.59. The zero-order chi connectivity index (χ0) is 18.0. The van der Waals surface area contributed by atoms with E-state index in [1.165, 1.54) is 12.1 Å². The average Bonchev–Trinajstić information content (AvgIpc) is 2.62. The zero-order valence-corrected chi connectivity index (χ0v) is 14.7. The van der Waals surface area contributed by atoms with Crippen LogP contribution in [0, 0.1) is 12.7 Å². The van der Waals surface area contributed by atoms with Gasteiger partial charge in [0.05, 0.1) is 6.04 Å². The lowest BCUT2D eigenvalue weighted by Crippen LogP contribution is -2.41. The molecule has 0 spiro atoms. The first-order valence-electron chi connectivity index (χ1n) is 8.79. The van der Waals surface area contributed by atoms with Gasteiger partial charge in [0.1, 0.15) is 11.4 Å².